The zero-order valence-corrected chi connectivity index (χ0v) is 13.9. The molecule has 5 nitrogen and oxygen atoms in total. The van der Waals surface area contributed by atoms with E-state index < -0.39 is 11.4 Å². The van der Waals surface area contributed by atoms with Crippen LogP contribution in [0, 0.1) is 5.41 Å². The molecule has 1 aliphatic heterocycles. The third-order valence-electron chi connectivity index (χ3n) is 4.53. The summed E-state index contributed by atoms with van der Waals surface area (Å²) in [4.78, 5) is 13.9. The summed E-state index contributed by atoms with van der Waals surface area (Å²) < 4.78 is 10.7. The maximum atomic E-state index is 11.8. The number of carboxylic acids is 1. The van der Waals surface area contributed by atoms with E-state index in [1.165, 1.54) is 0 Å². The summed E-state index contributed by atoms with van der Waals surface area (Å²) in [6.07, 6.45) is 3.79. The molecule has 1 aromatic carbocycles. The lowest BCUT2D eigenvalue weighted by Crippen LogP contribution is -2.47. The second kappa shape index (κ2) is 7.51. The molecule has 0 aromatic heterocycles. The van der Waals surface area contributed by atoms with Crippen LogP contribution in [0.3, 0.4) is 0 Å². The molecule has 1 atom stereocenters. The predicted octanol–water partition coefficient (Wildman–Crippen LogP) is 2.95. The van der Waals surface area contributed by atoms with Crippen LogP contribution in [0.1, 0.15) is 24.8 Å². The summed E-state index contributed by atoms with van der Waals surface area (Å²) in [6, 6.07) is 5.73. The van der Waals surface area contributed by atoms with Crippen LogP contribution in [0.5, 0.6) is 11.5 Å². The molecule has 2 rings (SSSR count). The van der Waals surface area contributed by atoms with E-state index in [1.54, 1.807) is 20.3 Å². The molecule has 1 heterocycles. The zero-order valence-electron chi connectivity index (χ0n) is 13.9. The van der Waals surface area contributed by atoms with Crippen molar-refractivity contribution in [3.05, 3.63) is 36.4 Å². The Kier molecular flexibility index (Phi) is 5.66. The third kappa shape index (κ3) is 3.85. The van der Waals surface area contributed by atoms with Gasteiger partial charge in [-0.25, -0.2) is 0 Å². The zero-order chi connectivity index (χ0) is 16.9. The van der Waals surface area contributed by atoms with Gasteiger partial charge in [-0.3, -0.25) is 9.69 Å². The average Bonchev–Trinajstić information content (AvgIpc) is 2.55. The molecule has 0 aliphatic carbocycles. The van der Waals surface area contributed by atoms with E-state index in [2.05, 4.69) is 11.5 Å². The fourth-order valence-electron chi connectivity index (χ4n) is 3.29. The van der Waals surface area contributed by atoms with E-state index in [4.69, 9.17) is 9.47 Å². The Hall–Kier alpha value is -2.01. The van der Waals surface area contributed by atoms with Gasteiger partial charge in [0, 0.05) is 24.7 Å². The Morgan fingerprint density at radius 1 is 1.43 bits per heavy atom. The van der Waals surface area contributed by atoms with Gasteiger partial charge >= 0.3 is 5.97 Å². The maximum Gasteiger partial charge on any atom is 0.311 e. The fourth-order valence-corrected chi connectivity index (χ4v) is 3.29. The van der Waals surface area contributed by atoms with Gasteiger partial charge in [0.1, 0.15) is 11.5 Å². The lowest BCUT2D eigenvalue weighted by molar-refractivity contribution is -0.152. The van der Waals surface area contributed by atoms with Gasteiger partial charge < -0.3 is 14.6 Å². The minimum absolute atomic E-state index is 0.499. The van der Waals surface area contributed by atoms with Crippen LogP contribution in [0.4, 0.5) is 0 Å². The Balaban J connectivity index is 2.16. The fraction of sp³-hybridized carbons (Fsp3) is 0.500. The van der Waals surface area contributed by atoms with Crippen molar-refractivity contribution < 1.29 is 19.4 Å². The molecule has 0 radical (unpaired) electrons. The molecule has 23 heavy (non-hydrogen) atoms. The number of aliphatic carboxylic acids is 1. The van der Waals surface area contributed by atoms with Crippen molar-refractivity contribution in [3.63, 3.8) is 0 Å². The van der Waals surface area contributed by atoms with Gasteiger partial charge in [-0.15, -0.1) is 6.58 Å². The molecule has 1 saturated heterocycles. The number of allylic oxidation sites excluding steroid dienone is 1. The average molecular weight is 319 g/mol. The molecule has 1 aromatic rings. The first-order chi connectivity index (χ1) is 11.0. The molecule has 5 heteroatoms. The van der Waals surface area contributed by atoms with Crippen molar-refractivity contribution in [2.24, 2.45) is 5.41 Å². The van der Waals surface area contributed by atoms with Gasteiger partial charge in [-0.1, -0.05) is 12.1 Å². The van der Waals surface area contributed by atoms with Crippen LogP contribution < -0.4 is 9.47 Å². The quantitative estimate of drug-likeness (QED) is 0.783. The number of methoxy groups -OCH3 is 2. The minimum atomic E-state index is -0.733. The van der Waals surface area contributed by atoms with E-state index in [-0.39, 0.29) is 0 Å². The van der Waals surface area contributed by atoms with Crippen LogP contribution in [0.25, 0.3) is 0 Å². The van der Waals surface area contributed by atoms with Crippen LogP contribution in [-0.2, 0) is 11.3 Å². The van der Waals surface area contributed by atoms with Crippen molar-refractivity contribution >= 4 is 5.97 Å². The van der Waals surface area contributed by atoms with Crippen LogP contribution in [0.2, 0.25) is 0 Å². The minimum Gasteiger partial charge on any atom is -0.497 e. The van der Waals surface area contributed by atoms with Crippen LogP contribution >= 0.6 is 0 Å². The Morgan fingerprint density at radius 2 is 2.22 bits per heavy atom. The standard InChI is InChI=1S/C18H25NO4/c1-4-8-18(17(20)21)9-5-10-19(13-18)12-14-6-7-15(22-2)11-16(14)23-3/h4,6-7,11H,1,5,8-10,12-13H2,2-3H3,(H,20,21)/t18-/m0/s1. The lowest BCUT2D eigenvalue weighted by Gasteiger charge is -2.39. The number of hydrogen-bond donors (Lipinski definition) is 1. The number of likely N-dealkylation sites (tertiary alicyclic amines) is 1. The smallest absolute Gasteiger partial charge is 0.311 e. The molecule has 0 amide bonds. The largest absolute Gasteiger partial charge is 0.497 e. The first kappa shape index (κ1) is 17.3. The Bertz CT molecular complexity index is 572. The van der Waals surface area contributed by atoms with E-state index in [1.807, 2.05) is 18.2 Å². The number of carbonyl (C=O) groups is 1. The van der Waals surface area contributed by atoms with Crippen molar-refractivity contribution in [2.75, 3.05) is 27.3 Å². The summed E-state index contributed by atoms with van der Waals surface area (Å²) in [5, 5.41) is 9.66. The summed E-state index contributed by atoms with van der Waals surface area (Å²) in [6.45, 7) is 5.81. The van der Waals surface area contributed by atoms with Gasteiger partial charge in [0.25, 0.3) is 0 Å². The molecule has 1 N–H and O–H groups in total. The monoisotopic (exact) mass is 319 g/mol. The van der Waals surface area contributed by atoms with Crippen molar-refractivity contribution in [1.29, 1.82) is 0 Å². The number of piperidine rings is 1. The molecule has 0 bridgehead atoms. The Labute approximate surface area is 137 Å². The normalized spacial score (nSPS) is 21.7. The SMILES string of the molecule is C=CC[C@]1(C(=O)O)CCCN(Cc2ccc(OC)cc2OC)C1. The van der Waals surface area contributed by atoms with Crippen molar-refractivity contribution in [3.8, 4) is 11.5 Å². The highest BCUT2D eigenvalue weighted by molar-refractivity contribution is 5.75. The number of carboxylic acid groups (broad SMARTS) is 1. The second-order valence-corrected chi connectivity index (χ2v) is 6.07. The number of rotatable bonds is 7. The number of ether oxygens (including phenoxy) is 2. The number of nitrogens with zero attached hydrogens (tertiary/aromatic N) is 1. The van der Waals surface area contributed by atoms with Gasteiger partial charge in [-0.2, -0.15) is 0 Å². The molecular formula is C18H25NO4. The predicted molar refractivity (Wildman–Crippen MR) is 88.9 cm³/mol. The van der Waals surface area contributed by atoms with Crippen LogP contribution in [0.15, 0.2) is 30.9 Å². The number of hydrogen-bond acceptors (Lipinski definition) is 4. The maximum absolute atomic E-state index is 11.8. The van der Waals surface area contributed by atoms with E-state index in [0.717, 1.165) is 30.0 Å². The van der Waals surface area contributed by atoms with E-state index in [0.29, 0.717) is 25.9 Å². The first-order valence-electron chi connectivity index (χ1n) is 7.82. The highest BCUT2D eigenvalue weighted by atomic mass is 16.5. The lowest BCUT2D eigenvalue weighted by atomic mass is 9.77. The molecule has 0 spiro atoms. The summed E-state index contributed by atoms with van der Waals surface area (Å²) >= 11 is 0. The molecule has 126 valence electrons. The highest BCUT2D eigenvalue weighted by Gasteiger charge is 2.41. The molecule has 1 aliphatic rings. The van der Waals surface area contributed by atoms with E-state index >= 15 is 0 Å². The molecular weight excluding hydrogens is 294 g/mol. The number of benzene rings is 1. The van der Waals surface area contributed by atoms with Crippen molar-refractivity contribution in [2.45, 2.75) is 25.8 Å². The second-order valence-electron chi connectivity index (χ2n) is 6.07. The molecule has 0 unspecified atom stereocenters. The molecule has 0 saturated carbocycles. The molecule has 1 fully saturated rings. The summed E-state index contributed by atoms with van der Waals surface area (Å²) in [7, 11) is 3.25. The van der Waals surface area contributed by atoms with Crippen molar-refractivity contribution in [1.82, 2.24) is 4.90 Å². The summed E-state index contributed by atoms with van der Waals surface area (Å²) in [5.74, 6) is 0.777. The third-order valence-corrected chi connectivity index (χ3v) is 4.53. The first-order valence-corrected chi connectivity index (χ1v) is 7.82. The highest BCUT2D eigenvalue weighted by Crippen LogP contribution is 2.36. The van der Waals surface area contributed by atoms with Gasteiger partial charge in [0.05, 0.1) is 19.6 Å². The van der Waals surface area contributed by atoms with Gasteiger partial charge in [0.2, 0.25) is 0 Å². The van der Waals surface area contributed by atoms with Crippen LogP contribution in [-0.4, -0.2) is 43.3 Å². The summed E-state index contributed by atoms with van der Waals surface area (Å²) in [5.41, 5.74) is 0.313. The topological polar surface area (TPSA) is 59.0 Å². The Morgan fingerprint density at radius 3 is 2.83 bits per heavy atom. The van der Waals surface area contributed by atoms with Gasteiger partial charge in [0.15, 0.2) is 0 Å². The van der Waals surface area contributed by atoms with Gasteiger partial charge in [-0.05, 0) is 31.9 Å². The van der Waals surface area contributed by atoms with E-state index in [9.17, 15) is 9.90 Å².